The van der Waals surface area contributed by atoms with Crippen LogP contribution in [0.15, 0.2) is 0 Å². The summed E-state index contributed by atoms with van der Waals surface area (Å²) in [5, 5.41) is 3.60. The van der Waals surface area contributed by atoms with Gasteiger partial charge in [0.05, 0.1) is 6.61 Å². The van der Waals surface area contributed by atoms with Crippen molar-refractivity contribution in [1.82, 2.24) is 15.1 Å². The quantitative estimate of drug-likeness (QED) is 0.699. The van der Waals surface area contributed by atoms with E-state index in [0.29, 0.717) is 12.0 Å². The van der Waals surface area contributed by atoms with E-state index >= 15 is 0 Å². The molecule has 2 atom stereocenters. The summed E-state index contributed by atoms with van der Waals surface area (Å²) in [7, 11) is 6.50. The highest BCUT2D eigenvalue weighted by molar-refractivity contribution is 4.81. The lowest BCUT2D eigenvalue weighted by Crippen LogP contribution is -2.47. The number of rotatable bonds is 8. The molecule has 0 aromatic rings. The lowest BCUT2D eigenvalue weighted by molar-refractivity contribution is 0.0199. The van der Waals surface area contributed by atoms with Crippen molar-refractivity contribution in [3.63, 3.8) is 0 Å². The van der Waals surface area contributed by atoms with E-state index in [2.05, 4.69) is 43.2 Å². The number of nitrogens with zero attached hydrogens (tertiary/aromatic N) is 2. The van der Waals surface area contributed by atoms with Crippen LogP contribution in [0.4, 0.5) is 0 Å². The number of nitrogens with one attached hydrogen (secondary N) is 1. The Balaban J connectivity index is 2.25. The maximum atomic E-state index is 5.63. The molecule has 108 valence electrons. The molecule has 1 fully saturated rings. The van der Waals surface area contributed by atoms with Gasteiger partial charge >= 0.3 is 0 Å². The molecule has 1 rings (SSSR count). The van der Waals surface area contributed by atoms with Gasteiger partial charge in [-0.2, -0.15) is 0 Å². The van der Waals surface area contributed by atoms with Crippen molar-refractivity contribution in [3.8, 4) is 0 Å². The molecule has 0 saturated carbocycles. The minimum atomic E-state index is 0.639. The summed E-state index contributed by atoms with van der Waals surface area (Å²) in [4.78, 5) is 4.70. The first-order valence-corrected chi connectivity index (χ1v) is 7.28. The third-order valence-electron chi connectivity index (χ3n) is 3.63. The second kappa shape index (κ2) is 8.86. The second-order valence-electron chi connectivity index (χ2n) is 5.71. The average molecular weight is 257 g/mol. The van der Waals surface area contributed by atoms with Gasteiger partial charge < -0.3 is 19.9 Å². The molecule has 1 aliphatic heterocycles. The first-order valence-electron chi connectivity index (χ1n) is 7.28. The molecular weight excluding hydrogens is 226 g/mol. The van der Waals surface area contributed by atoms with Gasteiger partial charge in [0.1, 0.15) is 0 Å². The zero-order valence-corrected chi connectivity index (χ0v) is 12.6. The Morgan fingerprint density at radius 2 is 2.00 bits per heavy atom. The standard InChI is InChI=1S/C14H31N3O/c1-5-15-14-7-10-18-12-13(14)11-17(4)9-6-8-16(2)3/h13-15H,5-12H2,1-4H3. The molecule has 2 unspecified atom stereocenters. The summed E-state index contributed by atoms with van der Waals surface area (Å²) in [5.41, 5.74) is 0. The monoisotopic (exact) mass is 257 g/mol. The molecule has 1 aliphatic rings. The highest BCUT2D eigenvalue weighted by atomic mass is 16.5. The Hall–Kier alpha value is -0.160. The molecule has 0 aromatic heterocycles. The van der Waals surface area contributed by atoms with E-state index in [1.807, 2.05) is 0 Å². The van der Waals surface area contributed by atoms with Crippen LogP contribution in [0.2, 0.25) is 0 Å². The molecule has 1 saturated heterocycles. The van der Waals surface area contributed by atoms with Crippen LogP contribution in [0, 0.1) is 5.92 Å². The Kier molecular flexibility index (Phi) is 7.82. The van der Waals surface area contributed by atoms with Crippen molar-refractivity contribution in [2.24, 2.45) is 5.92 Å². The van der Waals surface area contributed by atoms with Gasteiger partial charge in [0.25, 0.3) is 0 Å². The molecule has 0 aliphatic carbocycles. The SMILES string of the molecule is CCNC1CCOCC1CN(C)CCCN(C)C. The molecule has 0 spiro atoms. The maximum Gasteiger partial charge on any atom is 0.0521 e. The van der Waals surface area contributed by atoms with Crippen molar-refractivity contribution >= 4 is 0 Å². The van der Waals surface area contributed by atoms with Crippen molar-refractivity contribution in [2.45, 2.75) is 25.8 Å². The van der Waals surface area contributed by atoms with Crippen LogP contribution < -0.4 is 5.32 Å². The van der Waals surface area contributed by atoms with Crippen molar-refractivity contribution in [1.29, 1.82) is 0 Å². The molecule has 4 heteroatoms. The van der Waals surface area contributed by atoms with Gasteiger partial charge in [-0.3, -0.25) is 0 Å². The summed E-state index contributed by atoms with van der Waals surface area (Å²) < 4.78 is 5.63. The third-order valence-corrected chi connectivity index (χ3v) is 3.63. The predicted molar refractivity (Wildman–Crippen MR) is 77.1 cm³/mol. The van der Waals surface area contributed by atoms with E-state index in [4.69, 9.17) is 4.74 Å². The van der Waals surface area contributed by atoms with Gasteiger partial charge in [0.2, 0.25) is 0 Å². The topological polar surface area (TPSA) is 27.7 Å². The fourth-order valence-corrected chi connectivity index (χ4v) is 2.66. The second-order valence-corrected chi connectivity index (χ2v) is 5.71. The van der Waals surface area contributed by atoms with Crippen LogP contribution in [-0.4, -0.2) is 76.4 Å². The van der Waals surface area contributed by atoms with Crippen LogP contribution >= 0.6 is 0 Å². The van der Waals surface area contributed by atoms with Gasteiger partial charge in [0.15, 0.2) is 0 Å². The molecule has 0 aromatic carbocycles. The summed E-state index contributed by atoms with van der Waals surface area (Å²) in [6.45, 7) is 8.56. The highest BCUT2D eigenvalue weighted by Crippen LogP contribution is 2.15. The first-order chi connectivity index (χ1) is 8.63. The lowest BCUT2D eigenvalue weighted by atomic mass is 9.95. The zero-order valence-electron chi connectivity index (χ0n) is 12.6. The number of ether oxygens (including phenoxy) is 1. The van der Waals surface area contributed by atoms with Crippen LogP contribution in [0.25, 0.3) is 0 Å². The van der Waals surface area contributed by atoms with E-state index < -0.39 is 0 Å². The van der Waals surface area contributed by atoms with Gasteiger partial charge in [0, 0.05) is 25.1 Å². The first kappa shape index (κ1) is 15.9. The van der Waals surface area contributed by atoms with Gasteiger partial charge in [-0.15, -0.1) is 0 Å². The Labute approximate surface area is 113 Å². The summed E-state index contributed by atoms with van der Waals surface area (Å²) in [5.74, 6) is 0.642. The van der Waals surface area contributed by atoms with Crippen LogP contribution in [0.1, 0.15) is 19.8 Å². The minimum Gasteiger partial charge on any atom is -0.381 e. The number of hydrogen-bond acceptors (Lipinski definition) is 4. The largest absolute Gasteiger partial charge is 0.381 e. The minimum absolute atomic E-state index is 0.639. The fourth-order valence-electron chi connectivity index (χ4n) is 2.66. The average Bonchev–Trinajstić information content (AvgIpc) is 2.31. The lowest BCUT2D eigenvalue weighted by Gasteiger charge is -2.34. The third kappa shape index (κ3) is 6.14. The Bertz CT molecular complexity index is 209. The highest BCUT2D eigenvalue weighted by Gasteiger charge is 2.25. The molecule has 0 radical (unpaired) electrons. The summed E-state index contributed by atoms with van der Waals surface area (Å²) in [6.07, 6.45) is 2.40. The van der Waals surface area contributed by atoms with Crippen LogP contribution in [-0.2, 0) is 4.74 Å². The van der Waals surface area contributed by atoms with E-state index in [-0.39, 0.29) is 0 Å². The van der Waals surface area contributed by atoms with Crippen molar-refractivity contribution in [3.05, 3.63) is 0 Å². The van der Waals surface area contributed by atoms with Gasteiger partial charge in [-0.05, 0) is 53.6 Å². The van der Waals surface area contributed by atoms with E-state index in [0.717, 1.165) is 32.7 Å². The van der Waals surface area contributed by atoms with Crippen molar-refractivity contribution in [2.75, 3.05) is 60.5 Å². The predicted octanol–water partition coefficient (Wildman–Crippen LogP) is 0.885. The Morgan fingerprint density at radius 3 is 2.67 bits per heavy atom. The number of hydrogen-bond donors (Lipinski definition) is 1. The molecule has 0 amide bonds. The van der Waals surface area contributed by atoms with Crippen LogP contribution in [0.5, 0.6) is 0 Å². The van der Waals surface area contributed by atoms with Gasteiger partial charge in [-0.25, -0.2) is 0 Å². The van der Waals surface area contributed by atoms with E-state index in [9.17, 15) is 0 Å². The molecule has 18 heavy (non-hydrogen) atoms. The maximum absolute atomic E-state index is 5.63. The smallest absolute Gasteiger partial charge is 0.0521 e. The van der Waals surface area contributed by atoms with E-state index in [1.54, 1.807) is 0 Å². The summed E-state index contributed by atoms with van der Waals surface area (Å²) >= 11 is 0. The fraction of sp³-hybridized carbons (Fsp3) is 1.00. The van der Waals surface area contributed by atoms with Gasteiger partial charge in [-0.1, -0.05) is 6.92 Å². The van der Waals surface area contributed by atoms with E-state index in [1.165, 1.54) is 19.5 Å². The summed E-state index contributed by atoms with van der Waals surface area (Å²) in [6, 6.07) is 0.639. The normalized spacial score (nSPS) is 25.0. The molecule has 0 bridgehead atoms. The molecule has 1 N–H and O–H groups in total. The molecular formula is C14H31N3O. The Morgan fingerprint density at radius 1 is 1.22 bits per heavy atom. The molecule has 4 nitrogen and oxygen atoms in total. The van der Waals surface area contributed by atoms with Crippen molar-refractivity contribution < 1.29 is 4.74 Å². The zero-order chi connectivity index (χ0) is 13.4. The van der Waals surface area contributed by atoms with Crippen LogP contribution in [0.3, 0.4) is 0 Å². The molecule has 1 heterocycles.